The molecule has 0 atom stereocenters. The van der Waals surface area contributed by atoms with E-state index >= 15 is 0 Å². The number of halogens is 3. The van der Waals surface area contributed by atoms with Crippen molar-refractivity contribution < 1.29 is 17.9 Å². The molecule has 0 saturated carbocycles. The van der Waals surface area contributed by atoms with Crippen LogP contribution in [0.4, 0.5) is 13.2 Å². The summed E-state index contributed by atoms with van der Waals surface area (Å²) < 4.78 is 42.7. The summed E-state index contributed by atoms with van der Waals surface area (Å²) in [5.74, 6) is 1.04. The first-order valence-electron chi connectivity index (χ1n) is 6.17. The number of ether oxygens (including phenoxy) is 1. The molecule has 0 N–H and O–H groups in total. The average Bonchev–Trinajstić information content (AvgIpc) is 2.38. The Morgan fingerprint density at radius 1 is 1.10 bits per heavy atom. The predicted octanol–water partition coefficient (Wildman–Crippen LogP) is 5.02. The second-order valence-electron chi connectivity index (χ2n) is 4.71. The summed E-state index contributed by atoms with van der Waals surface area (Å²) in [7, 11) is 0. The molecule has 5 heteroatoms. The Morgan fingerprint density at radius 2 is 1.85 bits per heavy atom. The van der Waals surface area contributed by atoms with Gasteiger partial charge in [-0.25, -0.2) is 4.98 Å². The first-order chi connectivity index (χ1) is 9.36. The van der Waals surface area contributed by atoms with Gasteiger partial charge in [0, 0.05) is 12.3 Å². The second kappa shape index (κ2) is 5.53. The Kier molecular flexibility index (Phi) is 3.97. The highest BCUT2D eigenvalue weighted by Gasteiger charge is 2.30. The van der Waals surface area contributed by atoms with Gasteiger partial charge in [0.15, 0.2) is 0 Å². The SMILES string of the molecule is CC(C)c1cccc(Oc2ccc(C(F)(F)F)cn2)c1. The molecular weight excluding hydrogens is 267 g/mol. The Hall–Kier alpha value is -2.04. The maximum Gasteiger partial charge on any atom is 0.417 e. The van der Waals surface area contributed by atoms with E-state index in [1.807, 2.05) is 18.2 Å². The maximum absolute atomic E-state index is 12.4. The quantitative estimate of drug-likeness (QED) is 0.788. The van der Waals surface area contributed by atoms with E-state index in [4.69, 9.17) is 4.74 Å². The Morgan fingerprint density at radius 3 is 2.40 bits per heavy atom. The number of pyridine rings is 1. The van der Waals surface area contributed by atoms with Gasteiger partial charge in [-0.05, 0) is 29.7 Å². The van der Waals surface area contributed by atoms with Gasteiger partial charge in [-0.15, -0.1) is 0 Å². The van der Waals surface area contributed by atoms with E-state index in [1.165, 1.54) is 6.07 Å². The van der Waals surface area contributed by atoms with E-state index in [0.29, 0.717) is 11.7 Å². The van der Waals surface area contributed by atoms with Crippen molar-refractivity contribution in [3.8, 4) is 11.6 Å². The molecule has 20 heavy (non-hydrogen) atoms. The fraction of sp³-hybridized carbons (Fsp3) is 0.267. The summed E-state index contributed by atoms with van der Waals surface area (Å²) in [5, 5.41) is 0. The minimum absolute atomic E-state index is 0.138. The van der Waals surface area contributed by atoms with Crippen molar-refractivity contribution in [2.45, 2.75) is 25.9 Å². The lowest BCUT2D eigenvalue weighted by atomic mass is 10.0. The van der Waals surface area contributed by atoms with E-state index in [2.05, 4.69) is 18.8 Å². The standard InChI is InChI=1S/C15H14F3NO/c1-10(2)11-4-3-5-13(8-11)20-14-7-6-12(9-19-14)15(16,17)18/h3-10H,1-2H3. The largest absolute Gasteiger partial charge is 0.439 e. The van der Waals surface area contributed by atoms with Crippen LogP contribution in [-0.4, -0.2) is 4.98 Å². The molecule has 0 saturated heterocycles. The van der Waals surface area contributed by atoms with Crippen LogP contribution >= 0.6 is 0 Å². The Balaban J connectivity index is 2.16. The monoisotopic (exact) mass is 281 g/mol. The molecule has 0 bridgehead atoms. The first kappa shape index (κ1) is 14.4. The molecule has 1 aromatic heterocycles. The number of alkyl halides is 3. The van der Waals surface area contributed by atoms with Gasteiger partial charge >= 0.3 is 6.18 Å². The van der Waals surface area contributed by atoms with Crippen molar-refractivity contribution in [1.29, 1.82) is 0 Å². The van der Waals surface area contributed by atoms with Gasteiger partial charge < -0.3 is 4.74 Å². The van der Waals surface area contributed by atoms with E-state index in [1.54, 1.807) is 6.07 Å². The van der Waals surface area contributed by atoms with Crippen LogP contribution in [0.5, 0.6) is 11.6 Å². The molecule has 0 radical (unpaired) electrons. The minimum atomic E-state index is -4.39. The van der Waals surface area contributed by atoms with E-state index in [0.717, 1.165) is 17.8 Å². The lowest BCUT2D eigenvalue weighted by molar-refractivity contribution is -0.137. The van der Waals surface area contributed by atoms with Gasteiger partial charge in [0.05, 0.1) is 5.56 Å². The molecule has 0 fully saturated rings. The highest BCUT2D eigenvalue weighted by molar-refractivity contribution is 5.33. The fourth-order valence-corrected chi connectivity index (χ4v) is 1.67. The van der Waals surface area contributed by atoms with Crippen LogP contribution in [0.25, 0.3) is 0 Å². The zero-order valence-electron chi connectivity index (χ0n) is 11.1. The summed E-state index contributed by atoms with van der Waals surface area (Å²) in [6.07, 6.45) is -3.62. The molecule has 1 heterocycles. The van der Waals surface area contributed by atoms with Gasteiger partial charge in [0.1, 0.15) is 5.75 Å². The molecular formula is C15H14F3NO. The number of hydrogen-bond donors (Lipinski definition) is 0. The molecule has 0 unspecified atom stereocenters. The van der Waals surface area contributed by atoms with Crippen molar-refractivity contribution in [3.63, 3.8) is 0 Å². The molecule has 2 nitrogen and oxygen atoms in total. The van der Waals surface area contributed by atoms with Crippen LogP contribution in [0.15, 0.2) is 42.6 Å². The van der Waals surface area contributed by atoms with Crippen molar-refractivity contribution >= 4 is 0 Å². The smallest absolute Gasteiger partial charge is 0.417 e. The number of nitrogens with zero attached hydrogens (tertiary/aromatic N) is 1. The van der Waals surface area contributed by atoms with Crippen LogP contribution in [0, 0.1) is 0 Å². The summed E-state index contributed by atoms with van der Waals surface area (Å²) in [4.78, 5) is 3.67. The molecule has 0 aliphatic rings. The van der Waals surface area contributed by atoms with Crippen LogP contribution in [-0.2, 0) is 6.18 Å². The number of benzene rings is 1. The third-order valence-electron chi connectivity index (χ3n) is 2.81. The highest BCUT2D eigenvalue weighted by atomic mass is 19.4. The topological polar surface area (TPSA) is 22.1 Å². The van der Waals surface area contributed by atoms with Gasteiger partial charge in [0.2, 0.25) is 5.88 Å². The molecule has 2 aromatic rings. The predicted molar refractivity (Wildman–Crippen MR) is 69.8 cm³/mol. The summed E-state index contributed by atoms with van der Waals surface area (Å²) in [5.41, 5.74) is 0.301. The zero-order chi connectivity index (χ0) is 14.8. The summed E-state index contributed by atoms with van der Waals surface area (Å²) in [6, 6.07) is 9.57. The molecule has 0 aliphatic heterocycles. The molecule has 0 amide bonds. The molecule has 106 valence electrons. The lowest BCUT2D eigenvalue weighted by Crippen LogP contribution is -2.05. The first-order valence-corrected chi connectivity index (χ1v) is 6.17. The normalized spacial score (nSPS) is 11.7. The fourth-order valence-electron chi connectivity index (χ4n) is 1.67. The van der Waals surface area contributed by atoms with Crippen molar-refractivity contribution in [3.05, 3.63) is 53.7 Å². The van der Waals surface area contributed by atoms with Crippen molar-refractivity contribution in [1.82, 2.24) is 4.98 Å². The average molecular weight is 281 g/mol. The highest BCUT2D eigenvalue weighted by Crippen LogP contribution is 2.30. The number of hydrogen-bond acceptors (Lipinski definition) is 2. The van der Waals surface area contributed by atoms with Gasteiger partial charge in [0.25, 0.3) is 0 Å². The van der Waals surface area contributed by atoms with Crippen molar-refractivity contribution in [2.24, 2.45) is 0 Å². The zero-order valence-corrected chi connectivity index (χ0v) is 11.1. The summed E-state index contributed by atoms with van der Waals surface area (Å²) >= 11 is 0. The number of rotatable bonds is 3. The van der Waals surface area contributed by atoms with Gasteiger partial charge in [-0.3, -0.25) is 0 Å². The van der Waals surface area contributed by atoms with Crippen LogP contribution < -0.4 is 4.74 Å². The van der Waals surface area contributed by atoms with Gasteiger partial charge in [-0.1, -0.05) is 26.0 Å². The Bertz CT molecular complexity index is 576. The van der Waals surface area contributed by atoms with Gasteiger partial charge in [-0.2, -0.15) is 13.2 Å². The van der Waals surface area contributed by atoms with Crippen LogP contribution in [0.1, 0.15) is 30.9 Å². The second-order valence-corrected chi connectivity index (χ2v) is 4.71. The summed E-state index contributed by atoms with van der Waals surface area (Å²) in [6.45, 7) is 4.10. The van der Waals surface area contributed by atoms with Crippen LogP contribution in [0.3, 0.4) is 0 Å². The third-order valence-corrected chi connectivity index (χ3v) is 2.81. The third kappa shape index (κ3) is 3.50. The molecule has 2 rings (SSSR count). The Labute approximate surface area is 115 Å². The van der Waals surface area contributed by atoms with Crippen LogP contribution in [0.2, 0.25) is 0 Å². The minimum Gasteiger partial charge on any atom is -0.439 e. The molecule has 0 aliphatic carbocycles. The van der Waals surface area contributed by atoms with E-state index in [-0.39, 0.29) is 5.88 Å². The molecule has 0 spiro atoms. The number of aromatic nitrogens is 1. The molecule has 1 aromatic carbocycles. The van der Waals surface area contributed by atoms with Crippen molar-refractivity contribution in [2.75, 3.05) is 0 Å². The lowest BCUT2D eigenvalue weighted by Gasteiger charge is -2.10. The maximum atomic E-state index is 12.4. The van der Waals surface area contributed by atoms with E-state index in [9.17, 15) is 13.2 Å². The van der Waals surface area contributed by atoms with E-state index < -0.39 is 11.7 Å².